The van der Waals surface area contributed by atoms with Crippen molar-refractivity contribution in [1.29, 1.82) is 0 Å². The number of aryl methyl sites for hydroxylation is 1. The number of halogens is 1. The molecule has 1 heterocycles. The summed E-state index contributed by atoms with van der Waals surface area (Å²) in [7, 11) is 1.62. The molecule has 1 aromatic heterocycles. The molecule has 0 amide bonds. The summed E-state index contributed by atoms with van der Waals surface area (Å²) in [5.41, 5.74) is 1.94. The summed E-state index contributed by atoms with van der Waals surface area (Å²) in [6.45, 7) is 3.25. The van der Waals surface area contributed by atoms with Crippen LogP contribution >= 0.6 is 27.3 Å². The second kappa shape index (κ2) is 7.22. The van der Waals surface area contributed by atoms with E-state index in [0.717, 1.165) is 27.9 Å². The Labute approximate surface area is 131 Å². The first kappa shape index (κ1) is 15.5. The van der Waals surface area contributed by atoms with Crippen LogP contribution in [0.2, 0.25) is 0 Å². The molecule has 108 valence electrons. The topological polar surface area (TPSA) is 41.5 Å². The number of ether oxygens (including phenoxy) is 1. The maximum absolute atomic E-state index is 10.3. The van der Waals surface area contributed by atoms with Gasteiger partial charge in [-0.2, -0.15) is 0 Å². The molecule has 3 nitrogen and oxygen atoms in total. The number of thiophene rings is 1. The highest BCUT2D eigenvalue weighted by atomic mass is 79.9. The van der Waals surface area contributed by atoms with Gasteiger partial charge in [0.1, 0.15) is 5.75 Å². The van der Waals surface area contributed by atoms with Crippen molar-refractivity contribution in [3.05, 3.63) is 50.1 Å². The summed E-state index contributed by atoms with van der Waals surface area (Å²) < 4.78 is 6.39. The van der Waals surface area contributed by atoms with Crippen molar-refractivity contribution in [2.75, 3.05) is 13.7 Å². The second-order valence-corrected chi connectivity index (χ2v) is 6.53. The molecule has 0 aliphatic rings. The van der Waals surface area contributed by atoms with Crippen LogP contribution in [0.4, 0.5) is 0 Å². The standard InChI is InChI=1S/C15H18BrNO2S/c1-10-3-4-15(19-2)13(5-10)14(18)8-17-7-12-6-11(16)9-20-12/h3-6,9,14,17-18H,7-8H2,1-2H3. The smallest absolute Gasteiger partial charge is 0.124 e. The van der Waals surface area contributed by atoms with E-state index in [1.54, 1.807) is 18.4 Å². The van der Waals surface area contributed by atoms with Crippen LogP contribution in [0.25, 0.3) is 0 Å². The SMILES string of the molecule is COc1ccc(C)cc1C(O)CNCc1cc(Br)cs1. The number of aliphatic hydroxyl groups is 1. The van der Waals surface area contributed by atoms with Gasteiger partial charge in [0.05, 0.1) is 13.2 Å². The zero-order valence-corrected chi connectivity index (χ0v) is 13.9. The number of rotatable bonds is 6. The average molecular weight is 356 g/mol. The molecule has 0 spiro atoms. The normalized spacial score (nSPS) is 12.4. The van der Waals surface area contributed by atoms with Crippen LogP contribution in [-0.2, 0) is 6.54 Å². The van der Waals surface area contributed by atoms with Gasteiger partial charge in [-0.1, -0.05) is 11.6 Å². The number of nitrogens with one attached hydrogen (secondary N) is 1. The highest BCUT2D eigenvalue weighted by Gasteiger charge is 2.13. The van der Waals surface area contributed by atoms with Crippen molar-refractivity contribution in [3.63, 3.8) is 0 Å². The van der Waals surface area contributed by atoms with E-state index >= 15 is 0 Å². The predicted octanol–water partition coefficient (Wildman–Crippen LogP) is 3.65. The maximum atomic E-state index is 10.3. The van der Waals surface area contributed by atoms with E-state index in [1.165, 1.54) is 4.88 Å². The average Bonchev–Trinajstić information content (AvgIpc) is 2.84. The van der Waals surface area contributed by atoms with E-state index in [0.29, 0.717) is 6.54 Å². The van der Waals surface area contributed by atoms with Gasteiger partial charge in [-0.3, -0.25) is 0 Å². The zero-order chi connectivity index (χ0) is 14.5. The van der Waals surface area contributed by atoms with Crippen LogP contribution < -0.4 is 10.1 Å². The molecule has 0 radical (unpaired) electrons. The van der Waals surface area contributed by atoms with E-state index in [-0.39, 0.29) is 0 Å². The Morgan fingerprint density at radius 1 is 1.40 bits per heavy atom. The molecule has 2 aromatic rings. The molecule has 0 aliphatic carbocycles. The fraction of sp³-hybridized carbons (Fsp3) is 0.333. The van der Waals surface area contributed by atoms with Gasteiger partial charge in [-0.05, 0) is 41.1 Å². The van der Waals surface area contributed by atoms with Gasteiger partial charge in [-0.25, -0.2) is 0 Å². The number of hydrogen-bond donors (Lipinski definition) is 2. The lowest BCUT2D eigenvalue weighted by Gasteiger charge is -2.16. The van der Waals surface area contributed by atoms with Gasteiger partial charge >= 0.3 is 0 Å². The van der Waals surface area contributed by atoms with Crippen molar-refractivity contribution >= 4 is 27.3 Å². The third kappa shape index (κ3) is 4.06. The van der Waals surface area contributed by atoms with Crippen molar-refractivity contribution in [2.24, 2.45) is 0 Å². The molecule has 0 fully saturated rings. The molecule has 0 bridgehead atoms. The highest BCUT2D eigenvalue weighted by molar-refractivity contribution is 9.10. The highest BCUT2D eigenvalue weighted by Crippen LogP contribution is 2.26. The lowest BCUT2D eigenvalue weighted by Crippen LogP contribution is -2.21. The molecule has 0 saturated heterocycles. The van der Waals surface area contributed by atoms with Crippen LogP contribution in [0.15, 0.2) is 34.1 Å². The van der Waals surface area contributed by atoms with Crippen LogP contribution in [0.1, 0.15) is 22.1 Å². The van der Waals surface area contributed by atoms with Gasteiger partial charge in [0.25, 0.3) is 0 Å². The number of benzene rings is 1. The fourth-order valence-corrected chi connectivity index (χ4v) is 3.42. The van der Waals surface area contributed by atoms with Gasteiger partial charge in [0.2, 0.25) is 0 Å². The Bertz CT molecular complexity index is 571. The van der Waals surface area contributed by atoms with Crippen LogP contribution in [0.5, 0.6) is 5.75 Å². The summed E-state index contributed by atoms with van der Waals surface area (Å²) >= 11 is 5.12. The Morgan fingerprint density at radius 2 is 2.20 bits per heavy atom. The first-order valence-corrected chi connectivity index (χ1v) is 8.03. The van der Waals surface area contributed by atoms with Crippen molar-refractivity contribution in [2.45, 2.75) is 19.6 Å². The van der Waals surface area contributed by atoms with Gasteiger partial charge in [0, 0.05) is 33.4 Å². The van der Waals surface area contributed by atoms with Gasteiger partial charge < -0.3 is 15.2 Å². The molecule has 1 unspecified atom stereocenters. The first-order chi connectivity index (χ1) is 9.60. The van der Waals surface area contributed by atoms with Crippen molar-refractivity contribution < 1.29 is 9.84 Å². The maximum Gasteiger partial charge on any atom is 0.124 e. The van der Waals surface area contributed by atoms with Gasteiger partial charge in [0.15, 0.2) is 0 Å². The third-order valence-electron chi connectivity index (χ3n) is 3.00. The molecule has 0 saturated carbocycles. The molecule has 5 heteroatoms. The largest absolute Gasteiger partial charge is 0.496 e. The van der Waals surface area contributed by atoms with E-state index in [2.05, 4.69) is 32.7 Å². The summed E-state index contributed by atoms with van der Waals surface area (Å²) in [4.78, 5) is 1.24. The molecule has 2 N–H and O–H groups in total. The quantitative estimate of drug-likeness (QED) is 0.830. The van der Waals surface area contributed by atoms with E-state index < -0.39 is 6.10 Å². The summed E-state index contributed by atoms with van der Waals surface area (Å²) in [6.07, 6.45) is -0.576. The molecule has 2 rings (SSSR count). The summed E-state index contributed by atoms with van der Waals surface area (Å²) in [5, 5.41) is 15.6. The minimum absolute atomic E-state index is 0.495. The first-order valence-electron chi connectivity index (χ1n) is 6.36. The minimum Gasteiger partial charge on any atom is -0.496 e. The zero-order valence-electron chi connectivity index (χ0n) is 11.5. The number of aliphatic hydroxyl groups excluding tert-OH is 1. The van der Waals surface area contributed by atoms with Crippen molar-refractivity contribution in [1.82, 2.24) is 5.32 Å². The van der Waals surface area contributed by atoms with Crippen LogP contribution in [0.3, 0.4) is 0 Å². The Hall–Kier alpha value is -0.880. The summed E-state index contributed by atoms with van der Waals surface area (Å²) in [5.74, 6) is 0.726. The fourth-order valence-electron chi connectivity index (χ4n) is 2.00. The molecular weight excluding hydrogens is 338 g/mol. The lowest BCUT2D eigenvalue weighted by atomic mass is 10.1. The lowest BCUT2D eigenvalue weighted by molar-refractivity contribution is 0.170. The third-order valence-corrected chi connectivity index (χ3v) is 4.70. The summed E-state index contributed by atoms with van der Waals surface area (Å²) in [6, 6.07) is 7.92. The Kier molecular flexibility index (Phi) is 5.60. The van der Waals surface area contributed by atoms with E-state index in [9.17, 15) is 5.11 Å². The monoisotopic (exact) mass is 355 g/mol. The number of hydrogen-bond acceptors (Lipinski definition) is 4. The van der Waals surface area contributed by atoms with E-state index in [1.807, 2.05) is 25.1 Å². The molecular formula is C15H18BrNO2S. The predicted molar refractivity (Wildman–Crippen MR) is 86.4 cm³/mol. The number of methoxy groups -OCH3 is 1. The molecule has 0 aliphatic heterocycles. The van der Waals surface area contributed by atoms with Crippen LogP contribution in [-0.4, -0.2) is 18.8 Å². The van der Waals surface area contributed by atoms with Crippen molar-refractivity contribution in [3.8, 4) is 5.75 Å². The second-order valence-electron chi connectivity index (χ2n) is 4.62. The van der Waals surface area contributed by atoms with Gasteiger partial charge in [-0.15, -0.1) is 11.3 Å². The Morgan fingerprint density at radius 3 is 2.85 bits per heavy atom. The molecule has 1 atom stereocenters. The van der Waals surface area contributed by atoms with E-state index in [4.69, 9.17) is 4.74 Å². The van der Waals surface area contributed by atoms with Crippen LogP contribution in [0, 0.1) is 6.92 Å². The minimum atomic E-state index is -0.576. The molecule has 1 aromatic carbocycles. The molecule has 20 heavy (non-hydrogen) atoms. The Balaban J connectivity index is 1.94.